The monoisotopic (exact) mass is 453 g/mol. The first-order valence-electron chi connectivity index (χ1n) is 10.7. The Kier molecular flexibility index (Phi) is 6.06. The van der Waals surface area contributed by atoms with Crippen molar-refractivity contribution in [2.45, 2.75) is 44.0 Å². The molecule has 0 radical (unpaired) electrons. The van der Waals surface area contributed by atoms with Crippen LogP contribution in [0.15, 0.2) is 58.2 Å². The molecule has 0 amide bonds. The van der Waals surface area contributed by atoms with Gasteiger partial charge in [0.05, 0.1) is 18.5 Å². The minimum atomic E-state index is -3.90. The number of para-hydroxylation sites is 1. The van der Waals surface area contributed by atoms with Crippen molar-refractivity contribution in [3.63, 3.8) is 0 Å². The molecular weight excluding hydrogens is 426 g/mol. The maximum atomic E-state index is 13.5. The summed E-state index contributed by atoms with van der Waals surface area (Å²) in [6.45, 7) is 2.34. The van der Waals surface area contributed by atoms with E-state index < -0.39 is 10.0 Å². The molecule has 2 aromatic carbocycles. The highest BCUT2D eigenvalue weighted by molar-refractivity contribution is 7.93. The van der Waals surface area contributed by atoms with E-state index in [9.17, 15) is 13.2 Å². The molecule has 0 atom stereocenters. The minimum Gasteiger partial charge on any atom is -0.495 e. The summed E-state index contributed by atoms with van der Waals surface area (Å²) in [6, 6.07) is 14.0. The molecule has 168 valence electrons. The van der Waals surface area contributed by atoms with E-state index in [1.807, 2.05) is 19.1 Å². The molecule has 1 aromatic heterocycles. The molecule has 1 aliphatic carbocycles. The van der Waals surface area contributed by atoms with Gasteiger partial charge in [-0.15, -0.1) is 0 Å². The molecule has 3 aromatic rings. The van der Waals surface area contributed by atoms with E-state index in [1.165, 1.54) is 23.1 Å². The Balaban J connectivity index is 1.90. The average Bonchev–Trinajstić information content (AvgIpc) is 2.84. The van der Waals surface area contributed by atoms with Gasteiger partial charge >= 0.3 is 0 Å². The molecule has 8 heteroatoms. The first kappa shape index (κ1) is 22.1. The zero-order valence-corrected chi connectivity index (χ0v) is 19.4. The lowest BCUT2D eigenvalue weighted by atomic mass is 9.90. The second-order valence-corrected chi connectivity index (χ2v) is 9.75. The molecule has 0 N–H and O–H groups in total. The number of sulfonamides is 1. The Morgan fingerprint density at radius 1 is 1.06 bits per heavy atom. The summed E-state index contributed by atoms with van der Waals surface area (Å²) in [5, 5.41) is 4.61. The highest BCUT2D eigenvalue weighted by Crippen LogP contribution is 2.35. The minimum absolute atomic E-state index is 0.0453. The fourth-order valence-electron chi connectivity index (χ4n) is 4.18. The number of aromatic nitrogens is 2. The van der Waals surface area contributed by atoms with Crippen LogP contribution in [0, 0.1) is 0 Å². The van der Waals surface area contributed by atoms with Crippen LogP contribution in [0.1, 0.15) is 30.9 Å². The number of aryl methyl sites for hydroxylation is 1. The SMILES string of the molecule is CCn1nc(-c2ccc(OC)c(S(=O)(=O)N(C)c3ccccc3)c2)c2c(c1=O)CCCC2. The van der Waals surface area contributed by atoms with E-state index in [0.29, 0.717) is 23.5 Å². The van der Waals surface area contributed by atoms with Gasteiger partial charge in [0.25, 0.3) is 15.6 Å². The number of nitrogens with zero attached hydrogens (tertiary/aromatic N) is 3. The molecule has 4 rings (SSSR count). The molecule has 0 bridgehead atoms. The topological polar surface area (TPSA) is 81.5 Å². The largest absolute Gasteiger partial charge is 0.495 e. The predicted octanol–water partition coefficient (Wildman–Crippen LogP) is 3.64. The third-order valence-corrected chi connectivity index (χ3v) is 7.77. The fraction of sp³-hybridized carbons (Fsp3) is 0.333. The molecule has 0 unspecified atom stereocenters. The Morgan fingerprint density at radius 2 is 1.75 bits per heavy atom. The van der Waals surface area contributed by atoms with E-state index in [4.69, 9.17) is 4.74 Å². The van der Waals surface area contributed by atoms with Crippen LogP contribution in [0.3, 0.4) is 0 Å². The van der Waals surface area contributed by atoms with Crippen molar-refractivity contribution in [2.75, 3.05) is 18.5 Å². The highest BCUT2D eigenvalue weighted by atomic mass is 32.2. The van der Waals surface area contributed by atoms with Gasteiger partial charge in [-0.05, 0) is 68.5 Å². The molecule has 0 saturated heterocycles. The molecule has 0 fully saturated rings. The van der Waals surface area contributed by atoms with Crippen LogP contribution in [0.25, 0.3) is 11.3 Å². The van der Waals surface area contributed by atoms with Gasteiger partial charge in [0.1, 0.15) is 10.6 Å². The van der Waals surface area contributed by atoms with E-state index in [-0.39, 0.29) is 16.2 Å². The quantitative estimate of drug-likeness (QED) is 0.569. The molecule has 1 heterocycles. The Hall–Kier alpha value is -3.13. The van der Waals surface area contributed by atoms with E-state index in [0.717, 1.165) is 36.8 Å². The fourth-order valence-corrected chi connectivity index (χ4v) is 5.56. The Morgan fingerprint density at radius 3 is 2.41 bits per heavy atom. The first-order valence-corrected chi connectivity index (χ1v) is 12.2. The molecule has 32 heavy (non-hydrogen) atoms. The van der Waals surface area contributed by atoms with Gasteiger partial charge in [0.15, 0.2) is 0 Å². The number of methoxy groups -OCH3 is 1. The summed E-state index contributed by atoms with van der Waals surface area (Å²) in [7, 11) is -0.924. The van der Waals surface area contributed by atoms with Crippen molar-refractivity contribution >= 4 is 15.7 Å². The van der Waals surface area contributed by atoms with Crippen LogP contribution in [-0.2, 0) is 29.4 Å². The Bertz CT molecular complexity index is 1300. The highest BCUT2D eigenvalue weighted by Gasteiger charge is 2.28. The number of ether oxygens (including phenoxy) is 1. The number of rotatable bonds is 6. The predicted molar refractivity (Wildman–Crippen MR) is 125 cm³/mol. The molecule has 0 saturated carbocycles. The number of anilines is 1. The van der Waals surface area contributed by atoms with Crippen LogP contribution in [0.4, 0.5) is 5.69 Å². The lowest BCUT2D eigenvalue weighted by Gasteiger charge is -2.23. The van der Waals surface area contributed by atoms with Gasteiger partial charge in [-0.2, -0.15) is 5.10 Å². The maximum absolute atomic E-state index is 13.5. The van der Waals surface area contributed by atoms with E-state index in [1.54, 1.807) is 36.4 Å². The number of fused-ring (bicyclic) bond motifs is 1. The van der Waals surface area contributed by atoms with Gasteiger partial charge in [-0.1, -0.05) is 18.2 Å². The third-order valence-electron chi connectivity index (χ3n) is 5.96. The maximum Gasteiger partial charge on any atom is 0.270 e. The zero-order chi connectivity index (χ0) is 22.9. The van der Waals surface area contributed by atoms with Crippen molar-refractivity contribution in [2.24, 2.45) is 0 Å². The van der Waals surface area contributed by atoms with Gasteiger partial charge < -0.3 is 4.74 Å². The molecule has 0 spiro atoms. The summed E-state index contributed by atoms with van der Waals surface area (Å²) in [4.78, 5) is 12.8. The summed E-state index contributed by atoms with van der Waals surface area (Å²) < 4.78 is 35.2. The molecular formula is C24H27N3O4S. The van der Waals surface area contributed by atoms with Gasteiger partial charge in [-0.3, -0.25) is 9.10 Å². The van der Waals surface area contributed by atoms with Gasteiger partial charge in [-0.25, -0.2) is 13.1 Å². The third kappa shape index (κ3) is 3.79. The van der Waals surface area contributed by atoms with Crippen LogP contribution < -0.4 is 14.6 Å². The van der Waals surface area contributed by atoms with Crippen LogP contribution in [-0.4, -0.2) is 32.4 Å². The molecule has 0 aliphatic heterocycles. The van der Waals surface area contributed by atoms with Crippen LogP contribution >= 0.6 is 0 Å². The lowest BCUT2D eigenvalue weighted by Crippen LogP contribution is -2.30. The number of benzene rings is 2. The summed E-state index contributed by atoms with van der Waals surface area (Å²) in [5.74, 6) is 0.259. The second kappa shape index (κ2) is 8.78. The van der Waals surface area contributed by atoms with Gasteiger partial charge in [0.2, 0.25) is 0 Å². The van der Waals surface area contributed by atoms with E-state index >= 15 is 0 Å². The molecule has 1 aliphatic rings. The van der Waals surface area contributed by atoms with Crippen LogP contribution in [0.5, 0.6) is 5.75 Å². The number of hydrogen-bond donors (Lipinski definition) is 0. The normalized spacial score (nSPS) is 13.5. The van der Waals surface area contributed by atoms with Gasteiger partial charge in [0, 0.05) is 24.7 Å². The summed E-state index contributed by atoms with van der Waals surface area (Å²) in [5.41, 5.74) is 3.56. The van der Waals surface area contributed by atoms with Crippen molar-refractivity contribution < 1.29 is 13.2 Å². The smallest absolute Gasteiger partial charge is 0.270 e. The van der Waals surface area contributed by atoms with Crippen LogP contribution in [0.2, 0.25) is 0 Å². The second-order valence-electron chi connectivity index (χ2n) is 7.81. The van der Waals surface area contributed by atoms with Crippen molar-refractivity contribution in [1.29, 1.82) is 0 Å². The average molecular weight is 454 g/mol. The standard InChI is InChI=1S/C24H27N3O4S/c1-4-27-24(28)20-13-9-8-12-19(20)23(25-27)17-14-15-21(31-3)22(16-17)32(29,30)26(2)18-10-6-5-7-11-18/h5-7,10-11,14-16H,4,8-9,12-13H2,1-3H3. The lowest BCUT2D eigenvalue weighted by molar-refractivity contribution is 0.402. The summed E-state index contributed by atoms with van der Waals surface area (Å²) >= 11 is 0. The van der Waals surface area contributed by atoms with Crippen molar-refractivity contribution in [1.82, 2.24) is 9.78 Å². The number of hydrogen-bond acceptors (Lipinski definition) is 5. The molecule has 7 nitrogen and oxygen atoms in total. The van der Waals surface area contributed by atoms with Crippen molar-refractivity contribution in [3.05, 3.63) is 70.0 Å². The summed E-state index contributed by atoms with van der Waals surface area (Å²) in [6.07, 6.45) is 3.44. The first-order chi connectivity index (χ1) is 15.4. The zero-order valence-electron chi connectivity index (χ0n) is 18.5. The Labute approximate surface area is 188 Å². The van der Waals surface area contributed by atoms with Crippen molar-refractivity contribution in [3.8, 4) is 17.0 Å². The van der Waals surface area contributed by atoms with E-state index in [2.05, 4.69) is 5.10 Å².